The summed E-state index contributed by atoms with van der Waals surface area (Å²) in [6, 6.07) is 16.3. The average molecular weight is 222 g/mol. The van der Waals surface area contributed by atoms with Gasteiger partial charge in [-0.05, 0) is 17.7 Å². The maximum Gasteiger partial charge on any atom is 0.249 e. The van der Waals surface area contributed by atoms with Gasteiger partial charge in [0, 0.05) is 11.1 Å². The Labute approximate surface area is 99.1 Å². The molecule has 0 saturated carbocycles. The van der Waals surface area contributed by atoms with E-state index in [-0.39, 0.29) is 0 Å². The largest absolute Gasteiger partial charge is 0.366 e. The van der Waals surface area contributed by atoms with E-state index in [0.717, 1.165) is 5.56 Å². The van der Waals surface area contributed by atoms with Crippen molar-refractivity contribution in [2.45, 2.75) is 0 Å². The smallest absolute Gasteiger partial charge is 0.249 e. The van der Waals surface area contributed by atoms with Gasteiger partial charge >= 0.3 is 0 Å². The van der Waals surface area contributed by atoms with Crippen LogP contribution in [-0.2, 0) is 0 Å². The molecule has 2 N–H and O–H groups in total. The van der Waals surface area contributed by atoms with Crippen LogP contribution in [0.2, 0.25) is 0 Å². The summed E-state index contributed by atoms with van der Waals surface area (Å²) in [5.41, 5.74) is 7.69. The molecule has 0 bridgehead atoms. The van der Waals surface area contributed by atoms with Crippen LogP contribution in [0.15, 0.2) is 48.5 Å². The number of benzene rings is 2. The van der Waals surface area contributed by atoms with Gasteiger partial charge in [0.05, 0.1) is 11.6 Å². The lowest BCUT2D eigenvalue weighted by atomic mass is 9.96. The Hall–Kier alpha value is -2.60. The van der Waals surface area contributed by atoms with E-state index in [1.54, 1.807) is 36.4 Å². The Kier molecular flexibility index (Phi) is 2.89. The Bertz CT molecular complexity index is 612. The zero-order valence-electron chi connectivity index (χ0n) is 9.05. The van der Waals surface area contributed by atoms with Gasteiger partial charge in [-0.2, -0.15) is 5.26 Å². The van der Waals surface area contributed by atoms with Crippen LogP contribution in [0.4, 0.5) is 0 Å². The highest BCUT2D eigenvalue weighted by atomic mass is 16.1. The molecule has 82 valence electrons. The molecule has 0 unspecified atom stereocenters. The summed E-state index contributed by atoms with van der Waals surface area (Å²) in [6.07, 6.45) is 0. The number of amides is 1. The molecule has 0 aliphatic rings. The van der Waals surface area contributed by atoms with Gasteiger partial charge in [0.1, 0.15) is 0 Å². The second-order valence-electron chi connectivity index (χ2n) is 3.57. The summed E-state index contributed by atoms with van der Waals surface area (Å²) < 4.78 is 0. The molecule has 17 heavy (non-hydrogen) atoms. The summed E-state index contributed by atoms with van der Waals surface area (Å²) in [5, 5.41) is 9.04. The van der Waals surface area contributed by atoms with E-state index in [2.05, 4.69) is 6.07 Å². The fraction of sp³-hybridized carbons (Fsp3) is 0. The van der Waals surface area contributed by atoms with Crippen LogP contribution < -0.4 is 5.73 Å². The number of nitriles is 1. The predicted molar refractivity (Wildman–Crippen MR) is 65.1 cm³/mol. The lowest BCUT2D eigenvalue weighted by molar-refractivity contribution is 0.100. The fourth-order valence-corrected chi connectivity index (χ4v) is 1.75. The van der Waals surface area contributed by atoms with Crippen LogP contribution >= 0.6 is 0 Å². The minimum Gasteiger partial charge on any atom is -0.366 e. The van der Waals surface area contributed by atoms with E-state index in [1.165, 1.54) is 0 Å². The first kappa shape index (κ1) is 10.9. The van der Waals surface area contributed by atoms with Crippen molar-refractivity contribution in [1.82, 2.24) is 0 Å². The Morgan fingerprint density at radius 1 is 1.00 bits per heavy atom. The first-order valence-corrected chi connectivity index (χ1v) is 5.12. The molecule has 0 saturated heterocycles. The summed E-state index contributed by atoms with van der Waals surface area (Å²) in [7, 11) is 0. The van der Waals surface area contributed by atoms with Gasteiger partial charge in [-0.15, -0.1) is 0 Å². The number of carbonyl (C=O) groups excluding carboxylic acids is 1. The number of carbonyl (C=O) groups is 1. The highest BCUT2D eigenvalue weighted by Gasteiger charge is 2.11. The Balaban J connectivity index is 2.69. The molecule has 0 radical (unpaired) electrons. The minimum absolute atomic E-state index is 0.426. The third-order valence-corrected chi connectivity index (χ3v) is 2.53. The highest BCUT2D eigenvalue weighted by Crippen LogP contribution is 2.26. The zero-order chi connectivity index (χ0) is 12.3. The van der Waals surface area contributed by atoms with Crippen LogP contribution in [0.25, 0.3) is 11.1 Å². The molecule has 0 spiro atoms. The number of hydrogen-bond acceptors (Lipinski definition) is 2. The SMILES string of the molecule is N#Cc1ccccc1-c1ccccc1C(N)=O. The monoisotopic (exact) mass is 222 g/mol. The summed E-state index contributed by atoms with van der Waals surface area (Å²) in [5.74, 6) is -0.492. The quantitative estimate of drug-likeness (QED) is 0.847. The molecule has 0 atom stereocenters. The fourth-order valence-electron chi connectivity index (χ4n) is 1.75. The molecule has 0 aliphatic heterocycles. The molecule has 0 heterocycles. The van der Waals surface area contributed by atoms with Crippen molar-refractivity contribution in [3.63, 3.8) is 0 Å². The van der Waals surface area contributed by atoms with Gasteiger partial charge in [0.2, 0.25) is 5.91 Å². The maximum absolute atomic E-state index is 11.3. The molecule has 0 aliphatic carbocycles. The molecule has 0 aromatic heterocycles. The number of rotatable bonds is 2. The summed E-state index contributed by atoms with van der Waals surface area (Å²) in [4.78, 5) is 11.3. The molecule has 0 fully saturated rings. The number of nitrogens with two attached hydrogens (primary N) is 1. The topological polar surface area (TPSA) is 66.9 Å². The molecule has 2 aromatic rings. The summed E-state index contributed by atoms with van der Waals surface area (Å²) in [6.45, 7) is 0. The highest BCUT2D eigenvalue weighted by molar-refractivity contribution is 6.00. The van der Waals surface area contributed by atoms with Gasteiger partial charge in [-0.1, -0.05) is 36.4 Å². The van der Waals surface area contributed by atoms with Gasteiger partial charge in [0.25, 0.3) is 0 Å². The second-order valence-corrected chi connectivity index (χ2v) is 3.57. The van der Waals surface area contributed by atoms with Crippen LogP contribution in [0.3, 0.4) is 0 Å². The average Bonchev–Trinajstić information content (AvgIpc) is 2.38. The molecular formula is C14H10N2O. The van der Waals surface area contributed by atoms with Gasteiger partial charge in [-0.25, -0.2) is 0 Å². The number of primary amides is 1. The van der Waals surface area contributed by atoms with Gasteiger partial charge in [0.15, 0.2) is 0 Å². The molecule has 3 heteroatoms. The molecule has 1 amide bonds. The van der Waals surface area contributed by atoms with Crippen molar-refractivity contribution in [1.29, 1.82) is 5.26 Å². The number of nitrogens with zero attached hydrogens (tertiary/aromatic N) is 1. The lowest BCUT2D eigenvalue weighted by Crippen LogP contribution is -2.12. The zero-order valence-corrected chi connectivity index (χ0v) is 9.05. The van der Waals surface area contributed by atoms with Crippen molar-refractivity contribution in [3.8, 4) is 17.2 Å². The van der Waals surface area contributed by atoms with Crippen molar-refractivity contribution < 1.29 is 4.79 Å². The third-order valence-electron chi connectivity index (χ3n) is 2.53. The number of hydrogen-bond donors (Lipinski definition) is 1. The van der Waals surface area contributed by atoms with Gasteiger partial charge < -0.3 is 5.73 Å². The minimum atomic E-state index is -0.492. The van der Waals surface area contributed by atoms with E-state index in [1.807, 2.05) is 12.1 Å². The summed E-state index contributed by atoms with van der Waals surface area (Å²) >= 11 is 0. The molecule has 2 aromatic carbocycles. The Morgan fingerprint density at radius 2 is 1.59 bits per heavy atom. The van der Waals surface area contributed by atoms with Crippen molar-refractivity contribution in [2.24, 2.45) is 5.73 Å². The third kappa shape index (κ3) is 2.01. The molecule has 2 rings (SSSR count). The Morgan fingerprint density at radius 3 is 2.24 bits per heavy atom. The first-order chi connectivity index (χ1) is 8.24. The van der Waals surface area contributed by atoms with E-state index < -0.39 is 5.91 Å². The van der Waals surface area contributed by atoms with Crippen LogP contribution in [0.5, 0.6) is 0 Å². The lowest BCUT2D eigenvalue weighted by Gasteiger charge is -2.07. The first-order valence-electron chi connectivity index (χ1n) is 5.12. The van der Waals surface area contributed by atoms with E-state index in [0.29, 0.717) is 16.7 Å². The normalized spacial score (nSPS) is 9.59. The van der Waals surface area contributed by atoms with Crippen LogP contribution in [0, 0.1) is 11.3 Å². The predicted octanol–water partition coefficient (Wildman–Crippen LogP) is 2.32. The van der Waals surface area contributed by atoms with Crippen LogP contribution in [0.1, 0.15) is 15.9 Å². The standard InChI is InChI=1S/C14H10N2O/c15-9-10-5-1-2-6-11(10)12-7-3-4-8-13(12)14(16)17/h1-8H,(H2,16,17). The van der Waals surface area contributed by atoms with E-state index in [9.17, 15) is 4.79 Å². The van der Waals surface area contributed by atoms with Gasteiger partial charge in [-0.3, -0.25) is 4.79 Å². The van der Waals surface area contributed by atoms with E-state index in [4.69, 9.17) is 11.0 Å². The van der Waals surface area contributed by atoms with Crippen molar-refractivity contribution in [2.75, 3.05) is 0 Å². The maximum atomic E-state index is 11.3. The molecule has 3 nitrogen and oxygen atoms in total. The van der Waals surface area contributed by atoms with Crippen molar-refractivity contribution >= 4 is 5.91 Å². The van der Waals surface area contributed by atoms with Crippen molar-refractivity contribution in [3.05, 3.63) is 59.7 Å². The van der Waals surface area contributed by atoms with Crippen LogP contribution in [-0.4, -0.2) is 5.91 Å². The molecular weight excluding hydrogens is 212 g/mol. The van der Waals surface area contributed by atoms with E-state index >= 15 is 0 Å². The second kappa shape index (κ2) is 4.50.